The maximum atomic E-state index is 12.0. The molecular weight excluding hydrogens is 322 g/mol. The van der Waals surface area contributed by atoms with Crippen molar-refractivity contribution in [2.24, 2.45) is 16.5 Å². The highest BCUT2D eigenvalue weighted by Crippen LogP contribution is 2.20. The van der Waals surface area contributed by atoms with Gasteiger partial charge in [0.2, 0.25) is 5.13 Å². The van der Waals surface area contributed by atoms with E-state index in [0.717, 1.165) is 11.3 Å². The Morgan fingerprint density at radius 1 is 1.30 bits per heavy atom. The number of ether oxygens (including phenoxy) is 1. The first-order valence-corrected chi connectivity index (χ1v) is 7.13. The number of aliphatic carboxylic acids is 1. The van der Waals surface area contributed by atoms with Crippen LogP contribution in [-0.4, -0.2) is 34.5 Å². The minimum Gasteiger partial charge on any atom is -0.482 e. The Morgan fingerprint density at radius 2 is 2.00 bits per heavy atom. The van der Waals surface area contributed by atoms with Crippen LogP contribution in [0.3, 0.4) is 0 Å². The normalized spacial score (nSPS) is 9.91. The van der Waals surface area contributed by atoms with Gasteiger partial charge in [-0.2, -0.15) is 4.99 Å². The number of carboxylic acid groups (broad SMARTS) is 1. The van der Waals surface area contributed by atoms with Gasteiger partial charge in [0.05, 0.1) is 0 Å². The van der Waals surface area contributed by atoms with Crippen molar-refractivity contribution in [3.8, 4) is 5.75 Å². The summed E-state index contributed by atoms with van der Waals surface area (Å²) in [6.07, 6.45) is 0. The number of rotatable bonds is 6. The van der Waals surface area contributed by atoms with Gasteiger partial charge in [0.25, 0.3) is 5.91 Å². The zero-order valence-electron chi connectivity index (χ0n) is 11.7. The van der Waals surface area contributed by atoms with Gasteiger partial charge < -0.3 is 26.6 Å². The number of aliphatic imine (C=N–C) groups is 1. The number of thiazole rings is 1. The molecule has 0 fully saturated rings. The van der Waals surface area contributed by atoms with Crippen LogP contribution in [0.2, 0.25) is 0 Å². The van der Waals surface area contributed by atoms with E-state index in [-0.39, 0.29) is 16.8 Å². The van der Waals surface area contributed by atoms with Crippen LogP contribution in [0.4, 0.5) is 10.8 Å². The second-order valence-corrected chi connectivity index (χ2v) is 5.05. The van der Waals surface area contributed by atoms with Gasteiger partial charge in [0.1, 0.15) is 11.4 Å². The molecule has 0 unspecified atom stereocenters. The molecule has 0 radical (unpaired) electrons. The molecule has 2 aromatic rings. The topological polar surface area (TPSA) is 153 Å². The molecule has 0 saturated heterocycles. The lowest BCUT2D eigenvalue weighted by atomic mass is 10.3. The number of aromatic nitrogens is 1. The molecular formula is C13H13N5O4S. The number of nitrogens with two attached hydrogens (primary N) is 2. The van der Waals surface area contributed by atoms with E-state index in [9.17, 15) is 9.59 Å². The summed E-state index contributed by atoms with van der Waals surface area (Å²) in [5.74, 6) is -1.24. The van der Waals surface area contributed by atoms with Gasteiger partial charge in [-0.15, -0.1) is 11.3 Å². The first-order chi connectivity index (χ1) is 10.9. The molecule has 0 aliphatic carbocycles. The summed E-state index contributed by atoms with van der Waals surface area (Å²) in [5.41, 5.74) is 11.2. The van der Waals surface area contributed by atoms with Crippen LogP contribution in [-0.2, 0) is 4.79 Å². The van der Waals surface area contributed by atoms with Crippen molar-refractivity contribution in [1.82, 2.24) is 4.98 Å². The standard InChI is InChI=1S/C13H13N5O4S/c14-12(15)18-13-17-9(6-23-13)11(21)16-7-1-3-8(4-2-7)22-5-10(19)20/h1-4,6H,5H2,(H,16,21)(H,19,20)(H4,14,15,17,18). The molecule has 1 aromatic heterocycles. The van der Waals surface area contributed by atoms with Gasteiger partial charge in [-0.25, -0.2) is 9.78 Å². The summed E-state index contributed by atoms with van der Waals surface area (Å²) in [5, 5.41) is 13.0. The van der Waals surface area contributed by atoms with E-state index in [1.165, 1.54) is 5.38 Å². The SMILES string of the molecule is NC(N)=Nc1nc(C(=O)Nc2ccc(OCC(=O)O)cc2)cs1. The number of carboxylic acids is 1. The van der Waals surface area contributed by atoms with E-state index in [4.69, 9.17) is 21.3 Å². The third kappa shape index (κ3) is 4.97. The van der Waals surface area contributed by atoms with Crippen LogP contribution in [0.5, 0.6) is 5.75 Å². The van der Waals surface area contributed by atoms with Gasteiger partial charge in [-0.3, -0.25) is 4.79 Å². The molecule has 1 amide bonds. The summed E-state index contributed by atoms with van der Waals surface area (Å²) in [6, 6.07) is 6.26. The Hall–Kier alpha value is -3.14. The van der Waals surface area contributed by atoms with E-state index < -0.39 is 18.5 Å². The monoisotopic (exact) mass is 335 g/mol. The largest absolute Gasteiger partial charge is 0.482 e. The summed E-state index contributed by atoms with van der Waals surface area (Å²) in [4.78, 5) is 30.2. The van der Waals surface area contributed by atoms with Gasteiger partial charge in [0, 0.05) is 11.1 Å². The summed E-state index contributed by atoms with van der Waals surface area (Å²) < 4.78 is 4.99. The van der Waals surface area contributed by atoms with Crippen LogP contribution in [0, 0.1) is 0 Å². The van der Waals surface area contributed by atoms with Crippen LogP contribution < -0.4 is 21.5 Å². The van der Waals surface area contributed by atoms with Crippen molar-refractivity contribution in [3.05, 3.63) is 35.3 Å². The first-order valence-electron chi connectivity index (χ1n) is 6.25. The third-order valence-corrected chi connectivity index (χ3v) is 3.16. The van der Waals surface area contributed by atoms with E-state index in [2.05, 4.69) is 15.3 Å². The Balaban J connectivity index is 1.98. The fourth-order valence-corrected chi connectivity index (χ4v) is 2.19. The average Bonchev–Trinajstić information content (AvgIpc) is 2.94. The first kappa shape index (κ1) is 16.2. The fourth-order valence-electron chi connectivity index (χ4n) is 1.51. The second-order valence-electron chi connectivity index (χ2n) is 4.21. The average molecular weight is 335 g/mol. The Kier molecular flexibility index (Phi) is 5.10. The van der Waals surface area contributed by atoms with Crippen molar-refractivity contribution in [2.75, 3.05) is 11.9 Å². The lowest BCUT2D eigenvalue weighted by Crippen LogP contribution is -2.21. The van der Waals surface area contributed by atoms with E-state index in [0.29, 0.717) is 11.4 Å². The number of benzene rings is 1. The van der Waals surface area contributed by atoms with Crippen molar-refractivity contribution in [3.63, 3.8) is 0 Å². The van der Waals surface area contributed by atoms with E-state index in [1.807, 2.05) is 0 Å². The fraction of sp³-hybridized carbons (Fsp3) is 0.0769. The Bertz CT molecular complexity index is 737. The zero-order chi connectivity index (χ0) is 16.8. The minimum absolute atomic E-state index is 0.136. The number of anilines is 1. The predicted molar refractivity (Wildman–Crippen MR) is 85.1 cm³/mol. The van der Waals surface area contributed by atoms with Crippen molar-refractivity contribution >= 4 is 40.0 Å². The number of carbonyl (C=O) groups is 2. The number of amides is 1. The molecule has 1 aromatic carbocycles. The van der Waals surface area contributed by atoms with Crippen molar-refractivity contribution in [1.29, 1.82) is 0 Å². The highest BCUT2D eigenvalue weighted by molar-refractivity contribution is 7.13. The number of hydrogen-bond donors (Lipinski definition) is 4. The van der Waals surface area contributed by atoms with Crippen LogP contribution >= 0.6 is 11.3 Å². The number of nitrogens with zero attached hydrogens (tertiary/aromatic N) is 2. The minimum atomic E-state index is -1.07. The van der Waals surface area contributed by atoms with E-state index >= 15 is 0 Å². The van der Waals surface area contributed by atoms with Crippen LogP contribution in [0.1, 0.15) is 10.5 Å². The molecule has 2 rings (SSSR count). The maximum absolute atomic E-state index is 12.0. The highest BCUT2D eigenvalue weighted by atomic mass is 32.1. The molecule has 0 spiro atoms. The predicted octanol–water partition coefficient (Wildman–Crippen LogP) is 0.764. The molecule has 0 aliphatic heterocycles. The number of nitrogens with one attached hydrogen (secondary N) is 1. The van der Waals surface area contributed by atoms with Crippen molar-refractivity contribution in [2.45, 2.75) is 0 Å². The summed E-state index contributed by atoms with van der Waals surface area (Å²) >= 11 is 1.13. The molecule has 0 atom stereocenters. The van der Waals surface area contributed by atoms with Crippen LogP contribution in [0.15, 0.2) is 34.6 Å². The lowest BCUT2D eigenvalue weighted by Gasteiger charge is -2.06. The molecule has 0 aliphatic rings. The highest BCUT2D eigenvalue weighted by Gasteiger charge is 2.11. The summed E-state index contributed by atoms with van der Waals surface area (Å²) in [7, 11) is 0. The molecule has 23 heavy (non-hydrogen) atoms. The molecule has 1 heterocycles. The molecule has 0 saturated carbocycles. The molecule has 9 nitrogen and oxygen atoms in total. The smallest absolute Gasteiger partial charge is 0.341 e. The molecule has 0 bridgehead atoms. The lowest BCUT2D eigenvalue weighted by molar-refractivity contribution is -0.139. The maximum Gasteiger partial charge on any atom is 0.341 e. The Labute approximate surface area is 134 Å². The van der Waals surface area contributed by atoms with Gasteiger partial charge in [-0.05, 0) is 24.3 Å². The molecule has 6 N–H and O–H groups in total. The van der Waals surface area contributed by atoms with E-state index in [1.54, 1.807) is 24.3 Å². The number of carbonyl (C=O) groups excluding carboxylic acids is 1. The molecule has 120 valence electrons. The molecule has 10 heteroatoms. The Morgan fingerprint density at radius 3 is 2.61 bits per heavy atom. The van der Waals surface area contributed by atoms with Crippen LogP contribution in [0.25, 0.3) is 0 Å². The number of guanidine groups is 1. The van der Waals surface area contributed by atoms with Gasteiger partial charge in [-0.1, -0.05) is 0 Å². The number of hydrogen-bond acceptors (Lipinski definition) is 6. The quantitative estimate of drug-likeness (QED) is 0.449. The van der Waals surface area contributed by atoms with Gasteiger partial charge >= 0.3 is 5.97 Å². The second kappa shape index (κ2) is 7.22. The van der Waals surface area contributed by atoms with Crippen molar-refractivity contribution < 1.29 is 19.4 Å². The summed E-state index contributed by atoms with van der Waals surface area (Å²) in [6.45, 7) is -0.432. The zero-order valence-corrected chi connectivity index (χ0v) is 12.5. The van der Waals surface area contributed by atoms with Gasteiger partial charge in [0.15, 0.2) is 12.6 Å². The third-order valence-electron chi connectivity index (χ3n) is 2.42.